The number of hydrogen-bond donors (Lipinski definition) is 1. The van der Waals surface area contributed by atoms with Crippen LogP contribution in [0.3, 0.4) is 0 Å². The summed E-state index contributed by atoms with van der Waals surface area (Å²) in [4.78, 5) is 11.1. The Morgan fingerprint density at radius 1 is 1.00 bits per heavy atom. The number of halogens is 2. The average molecular weight is 301 g/mol. The number of rotatable bonds is 2. The number of hydrogen-bond acceptors (Lipinski definition) is 1. The van der Waals surface area contributed by atoms with Crippen molar-refractivity contribution < 1.29 is 14.3 Å². The molecule has 0 aromatic heterocycles. The summed E-state index contributed by atoms with van der Waals surface area (Å²) in [5.74, 6) is -1.50. The van der Waals surface area contributed by atoms with Crippen LogP contribution in [0.15, 0.2) is 54.6 Å². The van der Waals surface area contributed by atoms with Crippen molar-refractivity contribution in [2.24, 2.45) is 0 Å². The van der Waals surface area contributed by atoms with Crippen LogP contribution in [-0.4, -0.2) is 11.1 Å². The van der Waals surface area contributed by atoms with E-state index in [4.69, 9.17) is 16.7 Å². The predicted octanol–water partition coefficient (Wildman–Crippen LogP) is 5.00. The van der Waals surface area contributed by atoms with Gasteiger partial charge < -0.3 is 5.11 Å². The van der Waals surface area contributed by atoms with Gasteiger partial charge in [0, 0.05) is 5.56 Å². The van der Waals surface area contributed by atoms with Gasteiger partial charge in [0.1, 0.15) is 5.82 Å². The van der Waals surface area contributed by atoms with Crippen LogP contribution in [0.4, 0.5) is 4.39 Å². The average Bonchev–Trinajstić information content (AvgIpc) is 2.49. The van der Waals surface area contributed by atoms with Gasteiger partial charge in [0.05, 0.1) is 10.6 Å². The van der Waals surface area contributed by atoms with E-state index < -0.39 is 11.8 Å². The van der Waals surface area contributed by atoms with E-state index in [1.165, 1.54) is 6.07 Å². The second-order valence-electron chi connectivity index (χ2n) is 4.65. The zero-order valence-corrected chi connectivity index (χ0v) is 11.6. The summed E-state index contributed by atoms with van der Waals surface area (Å²) in [5.41, 5.74) is 1.44. The van der Waals surface area contributed by atoms with Crippen molar-refractivity contribution in [2.45, 2.75) is 0 Å². The molecule has 0 aliphatic carbocycles. The Morgan fingerprint density at radius 3 is 2.48 bits per heavy atom. The summed E-state index contributed by atoms with van der Waals surface area (Å²) in [5, 5.41) is 10.8. The number of carboxylic acid groups (broad SMARTS) is 1. The van der Waals surface area contributed by atoms with E-state index in [0.29, 0.717) is 11.1 Å². The third-order valence-corrected chi connectivity index (χ3v) is 3.75. The molecule has 2 nitrogen and oxygen atoms in total. The van der Waals surface area contributed by atoms with E-state index in [1.807, 2.05) is 12.1 Å². The highest BCUT2D eigenvalue weighted by Gasteiger charge is 2.12. The van der Waals surface area contributed by atoms with E-state index in [0.717, 1.165) is 10.8 Å². The van der Waals surface area contributed by atoms with Crippen molar-refractivity contribution in [3.8, 4) is 11.1 Å². The molecule has 0 fully saturated rings. The maximum Gasteiger partial charge on any atom is 0.335 e. The van der Waals surface area contributed by atoms with Crippen LogP contribution in [0, 0.1) is 5.82 Å². The molecule has 104 valence electrons. The second kappa shape index (κ2) is 5.19. The highest BCUT2D eigenvalue weighted by molar-refractivity contribution is 6.34. The zero-order valence-electron chi connectivity index (χ0n) is 10.8. The molecular formula is C17H10ClFO2. The van der Waals surface area contributed by atoms with Gasteiger partial charge in [-0.15, -0.1) is 0 Å². The van der Waals surface area contributed by atoms with Crippen molar-refractivity contribution in [1.82, 2.24) is 0 Å². The van der Waals surface area contributed by atoms with E-state index in [-0.39, 0.29) is 10.6 Å². The Labute approximate surface area is 125 Å². The molecule has 3 aromatic rings. The molecule has 0 aliphatic rings. The molecule has 0 saturated carbocycles. The van der Waals surface area contributed by atoms with Crippen molar-refractivity contribution in [2.75, 3.05) is 0 Å². The Bertz CT molecular complexity index is 859. The van der Waals surface area contributed by atoms with Gasteiger partial charge in [-0.05, 0) is 34.5 Å². The summed E-state index contributed by atoms with van der Waals surface area (Å²) >= 11 is 6.04. The fourth-order valence-electron chi connectivity index (χ4n) is 2.35. The molecule has 3 rings (SSSR count). The molecule has 0 spiro atoms. The Hall–Kier alpha value is -2.39. The summed E-state index contributed by atoms with van der Waals surface area (Å²) in [6, 6.07) is 14.9. The lowest BCUT2D eigenvalue weighted by atomic mass is 9.96. The maximum atomic E-state index is 13.6. The van der Waals surface area contributed by atoms with Crippen LogP contribution in [-0.2, 0) is 0 Å². The summed E-state index contributed by atoms with van der Waals surface area (Å²) < 4.78 is 13.6. The molecule has 0 radical (unpaired) electrons. The molecule has 0 saturated heterocycles. The van der Waals surface area contributed by atoms with Crippen LogP contribution in [0.5, 0.6) is 0 Å². The number of benzene rings is 3. The molecule has 3 aromatic carbocycles. The van der Waals surface area contributed by atoms with Gasteiger partial charge in [0.15, 0.2) is 0 Å². The SMILES string of the molecule is O=C(O)c1ccc2cccc(-c3cccc(F)c3Cl)c2c1. The highest BCUT2D eigenvalue weighted by atomic mass is 35.5. The smallest absolute Gasteiger partial charge is 0.335 e. The second-order valence-corrected chi connectivity index (χ2v) is 5.03. The summed E-state index contributed by atoms with van der Waals surface area (Å²) in [6.45, 7) is 0. The molecule has 0 aliphatic heterocycles. The Morgan fingerprint density at radius 2 is 1.71 bits per heavy atom. The third kappa shape index (κ3) is 2.36. The van der Waals surface area contributed by atoms with Gasteiger partial charge in [-0.1, -0.05) is 48.0 Å². The quantitative estimate of drug-likeness (QED) is 0.723. The van der Waals surface area contributed by atoms with E-state index >= 15 is 0 Å². The predicted molar refractivity (Wildman–Crippen MR) is 81.3 cm³/mol. The van der Waals surface area contributed by atoms with Gasteiger partial charge >= 0.3 is 5.97 Å². The standard InChI is InChI=1S/C17H10ClFO2/c18-16-13(5-2-6-15(16)19)12-4-1-3-10-7-8-11(17(20)21)9-14(10)12/h1-9H,(H,20,21). The topological polar surface area (TPSA) is 37.3 Å². The van der Waals surface area contributed by atoms with Crippen molar-refractivity contribution >= 4 is 28.3 Å². The molecule has 0 bridgehead atoms. The van der Waals surface area contributed by atoms with Crippen molar-refractivity contribution in [3.63, 3.8) is 0 Å². The summed E-state index contributed by atoms with van der Waals surface area (Å²) in [6.07, 6.45) is 0. The first-order valence-corrected chi connectivity index (χ1v) is 6.66. The van der Waals surface area contributed by atoms with Gasteiger partial charge in [-0.3, -0.25) is 0 Å². The lowest BCUT2D eigenvalue weighted by molar-refractivity contribution is 0.0697. The van der Waals surface area contributed by atoms with Crippen LogP contribution in [0.25, 0.3) is 21.9 Å². The number of carboxylic acids is 1. The lowest BCUT2D eigenvalue weighted by Gasteiger charge is -2.10. The van der Waals surface area contributed by atoms with Gasteiger partial charge in [-0.2, -0.15) is 0 Å². The molecule has 0 amide bonds. The van der Waals surface area contributed by atoms with Gasteiger partial charge in [0.25, 0.3) is 0 Å². The first kappa shape index (κ1) is 13.6. The van der Waals surface area contributed by atoms with Crippen molar-refractivity contribution in [3.05, 3.63) is 71.0 Å². The normalized spacial score (nSPS) is 10.8. The maximum absolute atomic E-state index is 13.6. The first-order valence-electron chi connectivity index (χ1n) is 6.28. The van der Waals surface area contributed by atoms with E-state index in [2.05, 4.69) is 0 Å². The minimum Gasteiger partial charge on any atom is -0.478 e. The first-order chi connectivity index (χ1) is 10.1. The van der Waals surface area contributed by atoms with E-state index in [1.54, 1.807) is 36.4 Å². The zero-order chi connectivity index (χ0) is 15.0. The molecule has 0 unspecified atom stereocenters. The molecule has 1 N–H and O–H groups in total. The van der Waals surface area contributed by atoms with E-state index in [9.17, 15) is 9.18 Å². The molecular weight excluding hydrogens is 291 g/mol. The minimum absolute atomic E-state index is 0.0331. The fourth-order valence-corrected chi connectivity index (χ4v) is 2.58. The molecule has 21 heavy (non-hydrogen) atoms. The lowest BCUT2D eigenvalue weighted by Crippen LogP contribution is -1.96. The Balaban J connectivity index is 2.34. The number of carbonyl (C=O) groups is 1. The fraction of sp³-hybridized carbons (Fsp3) is 0. The van der Waals surface area contributed by atoms with Crippen LogP contribution < -0.4 is 0 Å². The summed E-state index contributed by atoms with van der Waals surface area (Å²) in [7, 11) is 0. The largest absolute Gasteiger partial charge is 0.478 e. The highest BCUT2D eigenvalue weighted by Crippen LogP contribution is 2.35. The minimum atomic E-state index is -1.00. The van der Waals surface area contributed by atoms with Crippen LogP contribution in [0.2, 0.25) is 5.02 Å². The Kier molecular flexibility index (Phi) is 3.35. The monoisotopic (exact) mass is 300 g/mol. The van der Waals surface area contributed by atoms with Gasteiger partial charge in [-0.25, -0.2) is 9.18 Å². The molecule has 4 heteroatoms. The number of fused-ring (bicyclic) bond motifs is 1. The number of aromatic carboxylic acids is 1. The van der Waals surface area contributed by atoms with Crippen molar-refractivity contribution in [1.29, 1.82) is 0 Å². The molecule has 0 atom stereocenters. The van der Waals surface area contributed by atoms with Crippen LogP contribution >= 0.6 is 11.6 Å². The molecule has 0 heterocycles. The van der Waals surface area contributed by atoms with Crippen LogP contribution in [0.1, 0.15) is 10.4 Å². The third-order valence-electron chi connectivity index (χ3n) is 3.37. The van der Waals surface area contributed by atoms with Gasteiger partial charge in [0.2, 0.25) is 0 Å².